The minimum Gasteiger partial charge on any atom is -0.458 e. The summed E-state index contributed by atoms with van der Waals surface area (Å²) in [6.45, 7) is 5.97. The monoisotopic (exact) mass is 257 g/mol. The van der Waals surface area contributed by atoms with Gasteiger partial charge in [-0.3, -0.25) is 0 Å². The highest BCUT2D eigenvalue weighted by Gasteiger charge is 2.15. The number of hydrogen-bond donors (Lipinski definition) is 1. The Balaban J connectivity index is 2.28. The zero-order valence-corrected chi connectivity index (χ0v) is 11.1. The minimum atomic E-state index is 0.243. The number of furan rings is 1. The van der Waals surface area contributed by atoms with Crippen LogP contribution in [0.1, 0.15) is 31.4 Å². The first-order valence-corrected chi connectivity index (χ1v) is 6.14. The quantitative estimate of drug-likeness (QED) is 0.762. The third-order valence-corrected chi connectivity index (χ3v) is 2.84. The van der Waals surface area contributed by atoms with Gasteiger partial charge < -0.3 is 10.2 Å². The Morgan fingerprint density at radius 2 is 2.05 bits per heavy atom. The van der Waals surface area contributed by atoms with E-state index in [2.05, 4.69) is 15.1 Å². The predicted molar refractivity (Wildman–Crippen MR) is 71.7 cm³/mol. The van der Waals surface area contributed by atoms with Crippen molar-refractivity contribution < 1.29 is 4.42 Å². The largest absolute Gasteiger partial charge is 0.458 e. The summed E-state index contributed by atoms with van der Waals surface area (Å²) in [5.74, 6) is 3.43. The number of hydrogen-bond acceptors (Lipinski definition) is 5. The summed E-state index contributed by atoms with van der Waals surface area (Å²) in [4.78, 5) is 8.76. The van der Waals surface area contributed by atoms with Crippen LogP contribution in [-0.2, 0) is 0 Å². The van der Waals surface area contributed by atoms with Crippen molar-refractivity contribution in [1.29, 1.82) is 0 Å². The van der Waals surface area contributed by atoms with Gasteiger partial charge in [0.1, 0.15) is 11.6 Å². The maximum Gasteiger partial charge on any atom is 0.200 e. The van der Waals surface area contributed by atoms with E-state index < -0.39 is 0 Å². The molecule has 2 N–H and O–H groups in total. The number of rotatable bonds is 2. The lowest BCUT2D eigenvalue weighted by atomic mass is 10.2. The lowest BCUT2D eigenvalue weighted by Crippen LogP contribution is -2.01. The Labute approximate surface area is 110 Å². The van der Waals surface area contributed by atoms with Gasteiger partial charge in [0.05, 0.1) is 0 Å². The van der Waals surface area contributed by atoms with Crippen LogP contribution in [0, 0.1) is 6.92 Å². The topological polar surface area (TPSA) is 82.2 Å². The molecule has 98 valence electrons. The van der Waals surface area contributed by atoms with E-state index in [4.69, 9.17) is 10.2 Å². The lowest BCUT2D eigenvalue weighted by molar-refractivity contribution is 0.541. The Morgan fingerprint density at radius 3 is 2.68 bits per heavy atom. The van der Waals surface area contributed by atoms with Crippen molar-refractivity contribution in [2.75, 3.05) is 5.73 Å². The van der Waals surface area contributed by atoms with Gasteiger partial charge in [-0.15, -0.1) is 5.10 Å². The molecule has 3 rings (SSSR count). The highest BCUT2D eigenvalue weighted by molar-refractivity contribution is 5.58. The maximum atomic E-state index is 5.82. The second-order valence-electron chi connectivity index (χ2n) is 4.81. The first-order chi connectivity index (χ1) is 9.04. The SMILES string of the molecule is Cc1ccc(-c2nc(N)cc3nc(C(C)C)nn23)o1. The average molecular weight is 257 g/mol. The summed E-state index contributed by atoms with van der Waals surface area (Å²) >= 11 is 0. The van der Waals surface area contributed by atoms with Gasteiger partial charge in [0, 0.05) is 12.0 Å². The van der Waals surface area contributed by atoms with Crippen LogP contribution in [0.25, 0.3) is 17.2 Å². The summed E-state index contributed by atoms with van der Waals surface area (Å²) < 4.78 is 7.27. The van der Waals surface area contributed by atoms with Crippen molar-refractivity contribution in [3.05, 3.63) is 29.8 Å². The van der Waals surface area contributed by atoms with E-state index in [1.165, 1.54) is 0 Å². The molecule has 0 atom stereocenters. The van der Waals surface area contributed by atoms with Gasteiger partial charge >= 0.3 is 0 Å². The van der Waals surface area contributed by atoms with Gasteiger partial charge in [-0.25, -0.2) is 9.97 Å². The first-order valence-electron chi connectivity index (χ1n) is 6.14. The molecule has 19 heavy (non-hydrogen) atoms. The summed E-state index contributed by atoms with van der Waals surface area (Å²) in [6, 6.07) is 5.44. The molecule has 0 aliphatic heterocycles. The summed E-state index contributed by atoms with van der Waals surface area (Å²) in [6.07, 6.45) is 0. The van der Waals surface area contributed by atoms with Gasteiger partial charge in [0.15, 0.2) is 17.2 Å². The van der Waals surface area contributed by atoms with E-state index in [1.807, 2.05) is 32.9 Å². The number of aromatic nitrogens is 4. The molecule has 0 aliphatic carbocycles. The molecule has 0 saturated heterocycles. The molecule has 0 saturated carbocycles. The molecule has 3 aromatic rings. The fraction of sp³-hybridized carbons (Fsp3) is 0.308. The zero-order chi connectivity index (χ0) is 13.6. The predicted octanol–water partition coefficient (Wildman–Crippen LogP) is 2.40. The van der Waals surface area contributed by atoms with Crippen LogP contribution in [0.2, 0.25) is 0 Å². The standard InChI is InChI=1S/C13H15N5O/c1-7(2)12-16-11-6-10(14)15-13(18(11)17-12)9-5-4-8(3)19-9/h4-7H,14H2,1-3H3. The van der Waals surface area contributed by atoms with Gasteiger partial charge in [-0.05, 0) is 19.1 Å². The van der Waals surface area contributed by atoms with Gasteiger partial charge in [0.25, 0.3) is 0 Å². The van der Waals surface area contributed by atoms with Crippen molar-refractivity contribution in [3.8, 4) is 11.6 Å². The van der Waals surface area contributed by atoms with E-state index in [1.54, 1.807) is 10.6 Å². The number of nitrogens with zero attached hydrogens (tertiary/aromatic N) is 4. The second kappa shape index (κ2) is 4.08. The summed E-state index contributed by atoms with van der Waals surface area (Å²) in [5.41, 5.74) is 6.50. The Kier molecular flexibility index (Phi) is 2.51. The van der Waals surface area contributed by atoms with Gasteiger partial charge in [-0.2, -0.15) is 4.52 Å². The van der Waals surface area contributed by atoms with Crippen molar-refractivity contribution in [1.82, 2.24) is 19.6 Å². The smallest absolute Gasteiger partial charge is 0.200 e. The normalized spacial score (nSPS) is 11.6. The summed E-state index contributed by atoms with van der Waals surface area (Å²) in [7, 11) is 0. The number of anilines is 1. The van der Waals surface area contributed by atoms with Crippen LogP contribution in [0.4, 0.5) is 5.82 Å². The molecule has 6 heteroatoms. The third kappa shape index (κ3) is 1.95. The van der Waals surface area contributed by atoms with Crippen LogP contribution in [0.15, 0.2) is 22.6 Å². The number of aryl methyl sites for hydroxylation is 1. The van der Waals surface area contributed by atoms with E-state index in [0.717, 1.165) is 11.6 Å². The Morgan fingerprint density at radius 1 is 1.26 bits per heavy atom. The fourth-order valence-corrected chi connectivity index (χ4v) is 1.88. The molecule has 0 spiro atoms. The molecule has 3 aromatic heterocycles. The molecular weight excluding hydrogens is 242 g/mol. The van der Waals surface area contributed by atoms with E-state index in [9.17, 15) is 0 Å². The average Bonchev–Trinajstić information content (AvgIpc) is 2.93. The number of fused-ring (bicyclic) bond motifs is 1. The van der Waals surface area contributed by atoms with E-state index in [-0.39, 0.29) is 5.92 Å². The van der Waals surface area contributed by atoms with E-state index in [0.29, 0.717) is 23.0 Å². The molecule has 3 heterocycles. The molecule has 0 aliphatic rings. The molecule has 0 fully saturated rings. The Bertz CT molecular complexity index is 741. The van der Waals surface area contributed by atoms with Crippen LogP contribution < -0.4 is 5.73 Å². The van der Waals surface area contributed by atoms with Crippen molar-refractivity contribution in [2.24, 2.45) is 0 Å². The lowest BCUT2D eigenvalue weighted by Gasteiger charge is -2.01. The van der Waals surface area contributed by atoms with Crippen LogP contribution in [-0.4, -0.2) is 19.6 Å². The minimum absolute atomic E-state index is 0.243. The zero-order valence-electron chi connectivity index (χ0n) is 11.1. The molecule has 6 nitrogen and oxygen atoms in total. The Hall–Kier alpha value is -2.37. The molecular formula is C13H15N5O. The van der Waals surface area contributed by atoms with Crippen molar-refractivity contribution >= 4 is 11.5 Å². The molecule has 0 unspecified atom stereocenters. The number of nitrogen functional groups attached to an aromatic ring is 1. The molecule has 0 amide bonds. The third-order valence-electron chi connectivity index (χ3n) is 2.84. The van der Waals surface area contributed by atoms with Gasteiger partial charge in [0.2, 0.25) is 5.82 Å². The van der Waals surface area contributed by atoms with E-state index >= 15 is 0 Å². The van der Waals surface area contributed by atoms with Crippen molar-refractivity contribution in [3.63, 3.8) is 0 Å². The van der Waals surface area contributed by atoms with Gasteiger partial charge in [-0.1, -0.05) is 13.8 Å². The molecule has 0 aromatic carbocycles. The van der Waals surface area contributed by atoms with Crippen molar-refractivity contribution in [2.45, 2.75) is 26.7 Å². The van der Waals surface area contributed by atoms with Crippen LogP contribution in [0.5, 0.6) is 0 Å². The fourth-order valence-electron chi connectivity index (χ4n) is 1.88. The second-order valence-corrected chi connectivity index (χ2v) is 4.81. The van der Waals surface area contributed by atoms with Crippen LogP contribution >= 0.6 is 0 Å². The maximum absolute atomic E-state index is 5.82. The molecule has 0 bridgehead atoms. The number of nitrogens with two attached hydrogens (primary N) is 1. The van der Waals surface area contributed by atoms with Crippen LogP contribution in [0.3, 0.4) is 0 Å². The first kappa shape index (κ1) is 11.7. The summed E-state index contributed by atoms with van der Waals surface area (Å²) in [5, 5.41) is 4.47. The highest BCUT2D eigenvalue weighted by Crippen LogP contribution is 2.23. The highest BCUT2D eigenvalue weighted by atomic mass is 16.3. The molecule has 0 radical (unpaired) electrons.